The van der Waals surface area contributed by atoms with Gasteiger partial charge in [-0.2, -0.15) is 5.10 Å². The van der Waals surface area contributed by atoms with Gasteiger partial charge in [-0.05, 0) is 60.5 Å². The van der Waals surface area contributed by atoms with Crippen LogP contribution in [0, 0.1) is 0 Å². The van der Waals surface area contributed by atoms with E-state index in [1.807, 2.05) is 19.1 Å². The molecular weight excluding hydrogens is 494 g/mol. The lowest BCUT2D eigenvalue weighted by Crippen LogP contribution is -2.18. The molecule has 5 nitrogen and oxygen atoms in total. The van der Waals surface area contributed by atoms with Crippen molar-refractivity contribution >= 4 is 58.5 Å². The third-order valence-electron chi connectivity index (χ3n) is 4.18. The minimum Gasteiger partial charge on any atom is -0.490 e. The molecule has 0 aliphatic rings. The summed E-state index contributed by atoms with van der Waals surface area (Å²) >= 11 is 24.2. The van der Waals surface area contributed by atoms with Crippen molar-refractivity contribution in [3.63, 3.8) is 0 Å². The van der Waals surface area contributed by atoms with E-state index < -0.39 is 5.91 Å². The van der Waals surface area contributed by atoms with Gasteiger partial charge in [0.15, 0.2) is 11.5 Å². The topological polar surface area (TPSA) is 59.9 Å². The van der Waals surface area contributed by atoms with Crippen molar-refractivity contribution < 1.29 is 14.3 Å². The number of rotatable bonds is 8. The highest BCUT2D eigenvalue weighted by atomic mass is 35.5. The van der Waals surface area contributed by atoms with Crippen LogP contribution in [-0.4, -0.2) is 18.7 Å². The Morgan fingerprint density at radius 2 is 1.66 bits per heavy atom. The van der Waals surface area contributed by atoms with Gasteiger partial charge in [0, 0.05) is 10.0 Å². The average Bonchev–Trinajstić information content (AvgIpc) is 2.74. The molecule has 0 spiro atoms. The van der Waals surface area contributed by atoms with Crippen molar-refractivity contribution in [2.75, 3.05) is 6.61 Å². The van der Waals surface area contributed by atoms with E-state index in [0.717, 1.165) is 5.56 Å². The van der Waals surface area contributed by atoms with Crippen LogP contribution in [0.3, 0.4) is 0 Å². The van der Waals surface area contributed by atoms with Gasteiger partial charge in [-0.15, -0.1) is 0 Å². The Morgan fingerprint density at radius 1 is 0.938 bits per heavy atom. The molecule has 9 heteroatoms. The van der Waals surface area contributed by atoms with Crippen LogP contribution in [0.15, 0.2) is 59.7 Å². The van der Waals surface area contributed by atoms with Crippen molar-refractivity contribution in [3.05, 3.63) is 91.4 Å². The summed E-state index contributed by atoms with van der Waals surface area (Å²) < 4.78 is 11.6. The molecule has 1 N–H and O–H groups in total. The van der Waals surface area contributed by atoms with E-state index >= 15 is 0 Å². The molecule has 0 saturated heterocycles. The van der Waals surface area contributed by atoms with Crippen LogP contribution in [0.4, 0.5) is 0 Å². The van der Waals surface area contributed by atoms with Crippen molar-refractivity contribution in [2.45, 2.75) is 13.5 Å². The first-order chi connectivity index (χ1) is 15.4. The van der Waals surface area contributed by atoms with E-state index in [1.165, 1.54) is 18.3 Å². The van der Waals surface area contributed by atoms with Crippen LogP contribution in [0.25, 0.3) is 0 Å². The standard InChI is InChI=1S/C23H18Cl4N2O3/c1-2-31-21-10-15(12-28-29-23(30)18-8-7-17(25)11-19(18)26)9-20(27)22(21)32-13-14-3-5-16(24)6-4-14/h3-12H,2,13H2,1H3,(H,29,30)/b28-12-. The zero-order chi connectivity index (χ0) is 23.1. The molecule has 0 saturated carbocycles. The fourth-order valence-electron chi connectivity index (χ4n) is 2.70. The minimum absolute atomic E-state index is 0.231. The predicted molar refractivity (Wildman–Crippen MR) is 130 cm³/mol. The number of carbonyl (C=O) groups is 1. The van der Waals surface area contributed by atoms with E-state index in [9.17, 15) is 4.79 Å². The van der Waals surface area contributed by atoms with E-state index in [4.69, 9.17) is 55.9 Å². The van der Waals surface area contributed by atoms with Gasteiger partial charge in [0.05, 0.1) is 28.4 Å². The molecule has 0 radical (unpaired) electrons. The SMILES string of the molecule is CCOc1cc(/C=N\NC(=O)c2ccc(Cl)cc2Cl)cc(Cl)c1OCc1ccc(Cl)cc1. The number of hydrogen-bond donors (Lipinski definition) is 1. The summed E-state index contributed by atoms with van der Waals surface area (Å²) in [7, 11) is 0. The molecule has 166 valence electrons. The number of amides is 1. The Kier molecular flexibility index (Phi) is 8.65. The second-order valence-electron chi connectivity index (χ2n) is 6.50. The highest BCUT2D eigenvalue weighted by Crippen LogP contribution is 2.37. The van der Waals surface area contributed by atoms with Gasteiger partial charge in [-0.1, -0.05) is 58.5 Å². The highest BCUT2D eigenvalue weighted by Gasteiger charge is 2.13. The Bertz CT molecular complexity index is 1130. The number of ether oxygens (including phenoxy) is 2. The number of hydrazone groups is 1. The maximum Gasteiger partial charge on any atom is 0.272 e. The summed E-state index contributed by atoms with van der Waals surface area (Å²) in [6.45, 7) is 2.57. The summed E-state index contributed by atoms with van der Waals surface area (Å²) in [6, 6.07) is 15.3. The number of halogens is 4. The Labute approximate surface area is 205 Å². The molecule has 1 amide bonds. The molecule has 0 aliphatic carbocycles. The summed E-state index contributed by atoms with van der Waals surface area (Å²) in [6.07, 6.45) is 1.44. The summed E-state index contributed by atoms with van der Waals surface area (Å²) in [4.78, 5) is 12.3. The second kappa shape index (κ2) is 11.4. The summed E-state index contributed by atoms with van der Waals surface area (Å²) in [5, 5.41) is 5.63. The lowest BCUT2D eigenvalue weighted by molar-refractivity contribution is 0.0955. The van der Waals surface area contributed by atoms with Crippen molar-refractivity contribution in [2.24, 2.45) is 5.10 Å². The predicted octanol–water partition coefficient (Wildman–Crippen LogP) is 7.04. The fourth-order valence-corrected chi connectivity index (χ4v) is 3.59. The first-order valence-corrected chi connectivity index (χ1v) is 11.0. The van der Waals surface area contributed by atoms with Crippen LogP contribution in [0.2, 0.25) is 20.1 Å². The number of carbonyl (C=O) groups excluding carboxylic acids is 1. The average molecular weight is 512 g/mol. The highest BCUT2D eigenvalue weighted by molar-refractivity contribution is 6.36. The molecular formula is C23H18Cl4N2O3. The number of nitrogens with zero attached hydrogens (tertiary/aromatic N) is 1. The monoisotopic (exact) mass is 510 g/mol. The van der Waals surface area contributed by atoms with Gasteiger partial charge in [0.2, 0.25) is 0 Å². The first-order valence-electron chi connectivity index (χ1n) is 9.49. The minimum atomic E-state index is -0.470. The summed E-state index contributed by atoms with van der Waals surface area (Å²) in [5.74, 6) is 0.405. The van der Waals surface area contributed by atoms with Crippen LogP contribution >= 0.6 is 46.4 Å². The fraction of sp³-hybridized carbons (Fsp3) is 0.130. The largest absolute Gasteiger partial charge is 0.490 e. The second-order valence-corrected chi connectivity index (χ2v) is 8.19. The Balaban J connectivity index is 1.72. The van der Waals surface area contributed by atoms with Crippen LogP contribution < -0.4 is 14.9 Å². The van der Waals surface area contributed by atoms with E-state index in [-0.39, 0.29) is 10.6 Å². The van der Waals surface area contributed by atoms with Gasteiger partial charge in [0.1, 0.15) is 6.61 Å². The molecule has 0 unspecified atom stereocenters. The zero-order valence-electron chi connectivity index (χ0n) is 16.9. The van der Waals surface area contributed by atoms with Crippen LogP contribution in [0.5, 0.6) is 11.5 Å². The molecule has 3 aromatic rings. The number of nitrogens with one attached hydrogen (secondary N) is 1. The van der Waals surface area contributed by atoms with Gasteiger partial charge in [-0.25, -0.2) is 5.43 Å². The molecule has 0 aliphatic heterocycles. The van der Waals surface area contributed by atoms with Crippen LogP contribution in [0.1, 0.15) is 28.4 Å². The smallest absolute Gasteiger partial charge is 0.272 e. The third kappa shape index (κ3) is 6.53. The Hall–Kier alpha value is -2.44. The Morgan fingerprint density at radius 3 is 2.34 bits per heavy atom. The molecule has 32 heavy (non-hydrogen) atoms. The van der Waals surface area contributed by atoms with Gasteiger partial charge < -0.3 is 9.47 Å². The summed E-state index contributed by atoms with van der Waals surface area (Å²) in [5.41, 5.74) is 4.22. The first kappa shape index (κ1) is 24.2. The third-order valence-corrected chi connectivity index (χ3v) is 5.26. The van der Waals surface area contributed by atoms with Crippen molar-refractivity contribution in [3.8, 4) is 11.5 Å². The molecule has 0 atom stereocenters. The molecule has 3 rings (SSSR count). The normalized spacial score (nSPS) is 10.9. The van der Waals surface area contributed by atoms with Gasteiger partial charge in [-0.3, -0.25) is 4.79 Å². The van der Waals surface area contributed by atoms with Crippen LogP contribution in [-0.2, 0) is 6.61 Å². The lowest BCUT2D eigenvalue weighted by Gasteiger charge is -2.14. The molecule has 0 bridgehead atoms. The quantitative estimate of drug-likeness (QED) is 0.260. The maximum absolute atomic E-state index is 12.3. The van der Waals surface area contributed by atoms with Gasteiger partial charge in [0.25, 0.3) is 5.91 Å². The van der Waals surface area contributed by atoms with E-state index in [2.05, 4.69) is 10.5 Å². The molecule has 3 aromatic carbocycles. The van der Waals surface area contributed by atoms with E-state index in [1.54, 1.807) is 30.3 Å². The number of benzene rings is 3. The molecule has 0 heterocycles. The van der Waals surface area contributed by atoms with Gasteiger partial charge >= 0.3 is 0 Å². The van der Waals surface area contributed by atoms with E-state index in [0.29, 0.717) is 45.3 Å². The molecule has 0 aromatic heterocycles. The van der Waals surface area contributed by atoms with Crippen molar-refractivity contribution in [1.29, 1.82) is 0 Å². The maximum atomic E-state index is 12.3. The lowest BCUT2D eigenvalue weighted by atomic mass is 10.2. The zero-order valence-corrected chi connectivity index (χ0v) is 19.9. The molecule has 0 fully saturated rings. The van der Waals surface area contributed by atoms with Crippen molar-refractivity contribution in [1.82, 2.24) is 5.43 Å². The number of hydrogen-bond acceptors (Lipinski definition) is 4.